The molecule has 0 aliphatic heterocycles. The van der Waals surface area contributed by atoms with Gasteiger partial charge in [0.15, 0.2) is 5.96 Å². The maximum atomic E-state index is 13.1. The topological polar surface area (TPSA) is 80.5 Å². The van der Waals surface area contributed by atoms with E-state index in [1.807, 2.05) is 0 Å². The number of nitrogens with two attached hydrogens (primary N) is 1. The summed E-state index contributed by atoms with van der Waals surface area (Å²) in [5, 5.41) is 3.77. The molecule has 19 heavy (non-hydrogen) atoms. The van der Waals surface area contributed by atoms with Crippen LogP contribution < -0.4 is 5.73 Å². The predicted octanol–water partition coefficient (Wildman–Crippen LogP) is 1.25. The summed E-state index contributed by atoms with van der Waals surface area (Å²) in [4.78, 5) is 9.87. The highest BCUT2D eigenvalue weighted by atomic mass is 19.1. The maximum absolute atomic E-state index is 13.1. The number of guanidine groups is 1. The lowest BCUT2D eigenvalue weighted by atomic mass is 10.2. The van der Waals surface area contributed by atoms with Crippen LogP contribution in [-0.4, -0.2) is 35.1 Å². The zero-order chi connectivity index (χ0) is 13.8. The average Bonchev–Trinajstić information content (AvgIpc) is 2.84. The van der Waals surface area contributed by atoms with Crippen LogP contribution in [0.5, 0.6) is 0 Å². The molecule has 0 aliphatic carbocycles. The van der Waals surface area contributed by atoms with Crippen molar-refractivity contribution >= 4 is 5.96 Å². The standard InChI is InChI=1S/C12H14FN5O/c1-18(2)12(14)15-7-10-16-11(17-19-10)8-4-3-5-9(13)6-8/h3-6H,7H2,1-2H3,(H2,14,15). The highest BCUT2D eigenvalue weighted by Crippen LogP contribution is 2.16. The van der Waals surface area contributed by atoms with E-state index in [1.54, 1.807) is 31.1 Å². The molecule has 0 radical (unpaired) electrons. The second-order valence-electron chi connectivity index (χ2n) is 4.09. The molecule has 1 heterocycles. The van der Waals surface area contributed by atoms with Crippen LogP contribution in [0.25, 0.3) is 11.4 Å². The molecule has 1 aromatic heterocycles. The van der Waals surface area contributed by atoms with E-state index in [1.165, 1.54) is 12.1 Å². The van der Waals surface area contributed by atoms with E-state index in [0.29, 0.717) is 23.2 Å². The maximum Gasteiger partial charge on any atom is 0.248 e. The summed E-state index contributed by atoms with van der Waals surface area (Å²) in [7, 11) is 3.57. The first kappa shape index (κ1) is 13.0. The first-order chi connectivity index (χ1) is 9.06. The molecule has 7 heteroatoms. The minimum Gasteiger partial charge on any atom is -0.370 e. The van der Waals surface area contributed by atoms with Gasteiger partial charge in [0.1, 0.15) is 12.4 Å². The molecule has 1 aromatic carbocycles. The third kappa shape index (κ3) is 3.27. The summed E-state index contributed by atoms with van der Waals surface area (Å²) in [5.41, 5.74) is 6.19. The van der Waals surface area contributed by atoms with Gasteiger partial charge in [0, 0.05) is 19.7 Å². The van der Waals surface area contributed by atoms with E-state index in [9.17, 15) is 4.39 Å². The lowest BCUT2D eigenvalue weighted by Gasteiger charge is -2.09. The quantitative estimate of drug-likeness (QED) is 0.666. The smallest absolute Gasteiger partial charge is 0.248 e. The Morgan fingerprint density at radius 1 is 1.47 bits per heavy atom. The number of rotatable bonds is 3. The molecule has 0 unspecified atom stereocenters. The SMILES string of the molecule is CN(C)C(N)=NCc1nc(-c2cccc(F)c2)no1. The van der Waals surface area contributed by atoms with E-state index in [4.69, 9.17) is 10.3 Å². The van der Waals surface area contributed by atoms with Gasteiger partial charge in [-0.15, -0.1) is 0 Å². The Bertz CT molecular complexity index is 593. The number of halogens is 1. The lowest BCUT2D eigenvalue weighted by molar-refractivity contribution is 0.380. The summed E-state index contributed by atoms with van der Waals surface area (Å²) >= 11 is 0. The summed E-state index contributed by atoms with van der Waals surface area (Å²) < 4.78 is 18.1. The first-order valence-electron chi connectivity index (χ1n) is 5.62. The molecule has 0 spiro atoms. The number of benzene rings is 1. The van der Waals surface area contributed by atoms with Gasteiger partial charge in [-0.25, -0.2) is 9.38 Å². The zero-order valence-corrected chi connectivity index (χ0v) is 10.7. The van der Waals surface area contributed by atoms with E-state index in [-0.39, 0.29) is 12.4 Å². The van der Waals surface area contributed by atoms with Crippen molar-refractivity contribution in [2.45, 2.75) is 6.54 Å². The lowest BCUT2D eigenvalue weighted by Crippen LogP contribution is -2.30. The molecule has 6 nitrogen and oxygen atoms in total. The molecule has 2 N–H and O–H groups in total. The third-order valence-electron chi connectivity index (χ3n) is 2.39. The van der Waals surface area contributed by atoms with Crippen LogP contribution in [0.4, 0.5) is 4.39 Å². The van der Waals surface area contributed by atoms with E-state index >= 15 is 0 Å². The van der Waals surface area contributed by atoms with Crippen LogP contribution in [0.2, 0.25) is 0 Å². The Balaban J connectivity index is 2.14. The molecule has 0 saturated carbocycles. The summed E-state index contributed by atoms with van der Waals surface area (Å²) in [6.45, 7) is 0.187. The van der Waals surface area contributed by atoms with Crippen LogP contribution in [0.15, 0.2) is 33.8 Å². The van der Waals surface area contributed by atoms with Crippen molar-refractivity contribution in [1.82, 2.24) is 15.0 Å². The highest BCUT2D eigenvalue weighted by Gasteiger charge is 2.09. The molecule has 0 atom stereocenters. The van der Waals surface area contributed by atoms with E-state index < -0.39 is 0 Å². The van der Waals surface area contributed by atoms with Gasteiger partial charge in [0.25, 0.3) is 0 Å². The van der Waals surface area contributed by atoms with Crippen molar-refractivity contribution in [3.05, 3.63) is 36.0 Å². The van der Waals surface area contributed by atoms with Crippen molar-refractivity contribution < 1.29 is 8.91 Å². The molecule has 0 saturated heterocycles. The number of aromatic nitrogens is 2. The second kappa shape index (κ2) is 5.47. The van der Waals surface area contributed by atoms with Crippen LogP contribution in [-0.2, 0) is 6.54 Å². The molecular formula is C12H14FN5O. The molecule has 0 aliphatic rings. The van der Waals surface area contributed by atoms with Gasteiger partial charge >= 0.3 is 0 Å². The molecule has 2 rings (SSSR count). The summed E-state index contributed by atoms with van der Waals surface area (Å²) in [5.74, 6) is 0.668. The highest BCUT2D eigenvalue weighted by molar-refractivity contribution is 5.77. The largest absolute Gasteiger partial charge is 0.370 e. The Labute approximate surface area is 109 Å². The van der Waals surface area contributed by atoms with Crippen molar-refractivity contribution in [3.8, 4) is 11.4 Å². The van der Waals surface area contributed by atoms with Gasteiger partial charge in [0.2, 0.25) is 11.7 Å². The van der Waals surface area contributed by atoms with Crippen molar-refractivity contribution in [1.29, 1.82) is 0 Å². The fourth-order valence-corrected chi connectivity index (χ4v) is 1.35. The van der Waals surface area contributed by atoms with Crippen molar-refractivity contribution in [2.75, 3.05) is 14.1 Å². The molecular weight excluding hydrogens is 249 g/mol. The number of hydrogen-bond acceptors (Lipinski definition) is 4. The second-order valence-corrected chi connectivity index (χ2v) is 4.09. The normalized spacial score (nSPS) is 11.6. The van der Waals surface area contributed by atoms with E-state index in [2.05, 4.69) is 15.1 Å². The average molecular weight is 263 g/mol. The fourth-order valence-electron chi connectivity index (χ4n) is 1.35. The summed E-state index contributed by atoms with van der Waals surface area (Å²) in [6.07, 6.45) is 0. The number of nitrogens with zero attached hydrogens (tertiary/aromatic N) is 4. The van der Waals surface area contributed by atoms with Gasteiger partial charge in [-0.05, 0) is 12.1 Å². The van der Waals surface area contributed by atoms with Crippen LogP contribution in [0.3, 0.4) is 0 Å². The third-order valence-corrected chi connectivity index (χ3v) is 2.39. The van der Waals surface area contributed by atoms with Crippen molar-refractivity contribution in [3.63, 3.8) is 0 Å². The molecule has 100 valence electrons. The Hall–Kier alpha value is -2.44. The number of aliphatic imine (C=N–C) groups is 1. The van der Waals surface area contributed by atoms with Gasteiger partial charge in [-0.3, -0.25) is 0 Å². The predicted molar refractivity (Wildman–Crippen MR) is 68.7 cm³/mol. The molecule has 0 fully saturated rings. The Morgan fingerprint density at radius 2 is 2.26 bits per heavy atom. The number of hydrogen-bond donors (Lipinski definition) is 1. The van der Waals surface area contributed by atoms with Crippen LogP contribution in [0.1, 0.15) is 5.89 Å². The Kier molecular flexibility index (Phi) is 3.74. The van der Waals surface area contributed by atoms with Crippen LogP contribution in [0, 0.1) is 5.82 Å². The van der Waals surface area contributed by atoms with Gasteiger partial charge in [-0.1, -0.05) is 17.3 Å². The van der Waals surface area contributed by atoms with Gasteiger partial charge < -0.3 is 15.2 Å². The minimum absolute atomic E-state index is 0.187. The Morgan fingerprint density at radius 3 is 2.95 bits per heavy atom. The zero-order valence-electron chi connectivity index (χ0n) is 10.7. The summed E-state index contributed by atoms with van der Waals surface area (Å²) in [6, 6.07) is 5.98. The fraction of sp³-hybridized carbons (Fsp3) is 0.250. The van der Waals surface area contributed by atoms with Crippen molar-refractivity contribution in [2.24, 2.45) is 10.7 Å². The molecule has 0 bridgehead atoms. The molecule has 0 amide bonds. The molecule has 2 aromatic rings. The van der Waals surface area contributed by atoms with Crippen LogP contribution >= 0.6 is 0 Å². The first-order valence-corrected chi connectivity index (χ1v) is 5.62. The minimum atomic E-state index is -0.348. The monoisotopic (exact) mass is 263 g/mol. The van der Waals surface area contributed by atoms with Gasteiger partial charge in [-0.2, -0.15) is 4.98 Å². The van der Waals surface area contributed by atoms with Gasteiger partial charge in [0.05, 0.1) is 0 Å². The van der Waals surface area contributed by atoms with E-state index in [0.717, 1.165) is 0 Å².